The molecule has 5 heteroatoms. The van der Waals surface area contributed by atoms with E-state index < -0.39 is 5.97 Å². The highest BCUT2D eigenvalue weighted by Crippen LogP contribution is 2.24. The Morgan fingerprint density at radius 1 is 1.53 bits per heavy atom. The third kappa shape index (κ3) is 2.39. The SMILES string of the molecule is COc1ccc2c(c1)sc(C)[n+]2CCC(=O)O. The van der Waals surface area contributed by atoms with Crippen molar-refractivity contribution >= 4 is 27.5 Å². The summed E-state index contributed by atoms with van der Waals surface area (Å²) in [4.78, 5) is 10.6. The van der Waals surface area contributed by atoms with Gasteiger partial charge in [-0.3, -0.25) is 4.79 Å². The van der Waals surface area contributed by atoms with Crippen LogP contribution in [0.4, 0.5) is 0 Å². The number of hydrogen-bond donors (Lipinski definition) is 1. The number of hydrogen-bond acceptors (Lipinski definition) is 3. The van der Waals surface area contributed by atoms with Gasteiger partial charge in [0.25, 0.3) is 0 Å². The van der Waals surface area contributed by atoms with E-state index in [-0.39, 0.29) is 6.42 Å². The maximum absolute atomic E-state index is 10.6. The van der Waals surface area contributed by atoms with E-state index in [1.54, 1.807) is 18.4 Å². The van der Waals surface area contributed by atoms with Gasteiger partial charge in [0.1, 0.15) is 16.9 Å². The van der Waals surface area contributed by atoms with Crippen LogP contribution in [0.25, 0.3) is 10.2 Å². The standard InChI is InChI=1S/C12H13NO3S/c1-8-13(6-5-12(14)15)10-4-3-9(16-2)7-11(10)17-8/h3-4,7H,5-6H2,1-2H3/p+1. The summed E-state index contributed by atoms with van der Waals surface area (Å²) in [5.41, 5.74) is 1.06. The Hall–Kier alpha value is -1.62. The minimum Gasteiger partial charge on any atom is -0.497 e. The van der Waals surface area contributed by atoms with Crippen LogP contribution in [0.5, 0.6) is 5.75 Å². The van der Waals surface area contributed by atoms with E-state index in [0.29, 0.717) is 6.54 Å². The molecule has 0 aliphatic rings. The van der Waals surface area contributed by atoms with Gasteiger partial charge >= 0.3 is 5.97 Å². The number of carboxylic acid groups (broad SMARTS) is 1. The molecule has 1 heterocycles. The van der Waals surface area contributed by atoms with E-state index in [1.165, 1.54) is 0 Å². The molecule has 0 radical (unpaired) electrons. The van der Waals surface area contributed by atoms with E-state index in [0.717, 1.165) is 21.0 Å². The molecule has 4 nitrogen and oxygen atoms in total. The van der Waals surface area contributed by atoms with Crippen molar-refractivity contribution in [1.82, 2.24) is 0 Å². The Labute approximate surface area is 103 Å². The highest BCUT2D eigenvalue weighted by Gasteiger charge is 2.18. The molecule has 0 bridgehead atoms. The number of methoxy groups -OCH3 is 1. The summed E-state index contributed by atoms with van der Waals surface area (Å²) >= 11 is 1.65. The number of aromatic nitrogens is 1. The first-order chi connectivity index (χ1) is 8.11. The number of aliphatic carboxylic acids is 1. The van der Waals surface area contributed by atoms with Crippen LogP contribution >= 0.6 is 11.3 Å². The molecule has 0 saturated carbocycles. The summed E-state index contributed by atoms with van der Waals surface area (Å²) in [6.45, 7) is 2.51. The number of carbonyl (C=O) groups is 1. The van der Waals surface area contributed by atoms with E-state index in [4.69, 9.17) is 9.84 Å². The molecule has 0 unspecified atom stereocenters. The van der Waals surface area contributed by atoms with Gasteiger partial charge in [-0.2, -0.15) is 4.57 Å². The molecule has 0 atom stereocenters. The smallest absolute Gasteiger partial charge is 0.309 e. The van der Waals surface area contributed by atoms with Crippen LogP contribution in [0, 0.1) is 6.92 Å². The van der Waals surface area contributed by atoms with Crippen LogP contribution < -0.4 is 9.30 Å². The average Bonchev–Trinajstić information content (AvgIpc) is 2.60. The van der Waals surface area contributed by atoms with Gasteiger partial charge in [-0.1, -0.05) is 11.3 Å². The lowest BCUT2D eigenvalue weighted by atomic mass is 10.3. The van der Waals surface area contributed by atoms with Gasteiger partial charge in [0, 0.05) is 19.1 Å². The summed E-state index contributed by atoms with van der Waals surface area (Å²) in [6, 6.07) is 5.84. The van der Waals surface area contributed by atoms with Crippen molar-refractivity contribution in [2.75, 3.05) is 7.11 Å². The van der Waals surface area contributed by atoms with E-state index in [9.17, 15) is 4.79 Å². The van der Waals surface area contributed by atoms with Gasteiger partial charge in [0.2, 0.25) is 10.5 Å². The Morgan fingerprint density at radius 3 is 2.94 bits per heavy atom. The number of thiazole rings is 1. The molecule has 0 fully saturated rings. The average molecular weight is 252 g/mol. The third-order valence-corrected chi connectivity index (χ3v) is 3.71. The van der Waals surface area contributed by atoms with Crippen molar-refractivity contribution in [3.05, 3.63) is 23.2 Å². The van der Waals surface area contributed by atoms with E-state index in [2.05, 4.69) is 0 Å². The highest BCUT2D eigenvalue weighted by atomic mass is 32.1. The van der Waals surface area contributed by atoms with E-state index in [1.807, 2.05) is 29.7 Å². The second-order valence-electron chi connectivity index (χ2n) is 3.75. The number of rotatable bonds is 4. The Balaban J connectivity index is 2.41. The van der Waals surface area contributed by atoms with Crippen LogP contribution in [0.2, 0.25) is 0 Å². The maximum atomic E-state index is 10.6. The molecule has 0 aliphatic heterocycles. The number of fused-ring (bicyclic) bond motifs is 1. The maximum Gasteiger partial charge on any atom is 0.309 e. The lowest BCUT2D eigenvalue weighted by molar-refractivity contribution is -0.671. The number of aryl methyl sites for hydroxylation is 2. The molecule has 0 spiro atoms. The second-order valence-corrected chi connectivity index (χ2v) is 4.98. The predicted octanol–water partition coefficient (Wildman–Crippen LogP) is 1.98. The molecule has 17 heavy (non-hydrogen) atoms. The van der Waals surface area contributed by atoms with Crippen LogP contribution in [0.15, 0.2) is 18.2 Å². The second kappa shape index (κ2) is 4.71. The highest BCUT2D eigenvalue weighted by molar-refractivity contribution is 7.18. The van der Waals surface area contributed by atoms with Crippen molar-refractivity contribution in [3.63, 3.8) is 0 Å². The molecule has 1 aromatic carbocycles. The first kappa shape index (κ1) is 11.9. The molecule has 0 aliphatic carbocycles. The Morgan fingerprint density at radius 2 is 2.29 bits per heavy atom. The predicted molar refractivity (Wildman–Crippen MR) is 65.6 cm³/mol. The number of ether oxygens (including phenoxy) is 1. The number of nitrogens with zero attached hydrogens (tertiary/aromatic N) is 1. The molecular weight excluding hydrogens is 238 g/mol. The number of benzene rings is 1. The van der Waals surface area contributed by atoms with Crippen molar-refractivity contribution in [2.24, 2.45) is 0 Å². The molecule has 1 N–H and O–H groups in total. The fraction of sp³-hybridized carbons (Fsp3) is 0.333. The molecule has 1 aromatic heterocycles. The Kier molecular flexibility index (Phi) is 3.28. The molecule has 0 saturated heterocycles. The van der Waals surface area contributed by atoms with Gasteiger partial charge in [-0.05, 0) is 6.07 Å². The topological polar surface area (TPSA) is 50.4 Å². The van der Waals surface area contributed by atoms with Gasteiger partial charge in [0.15, 0.2) is 6.54 Å². The fourth-order valence-electron chi connectivity index (χ4n) is 1.80. The lowest BCUT2D eigenvalue weighted by Crippen LogP contribution is -2.36. The van der Waals surface area contributed by atoms with Gasteiger partial charge < -0.3 is 9.84 Å². The molecule has 2 rings (SSSR count). The zero-order valence-electron chi connectivity index (χ0n) is 9.77. The molecule has 90 valence electrons. The van der Waals surface area contributed by atoms with E-state index >= 15 is 0 Å². The van der Waals surface area contributed by atoms with Gasteiger partial charge in [-0.25, -0.2) is 0 Å². The Bertz CT molecular complexity index is 562. The summed E-state index contributed by atoms with van der Waals surface area (Å²) in [7, 11) is 1.64. The quantitative estimate of drug-likeness (QED) is 0.846. The molecular formula is C12H14NO3S+. The first-order valence-corrected chi connectivity index (χ1v) is 6.12. The lowest BCUT2D eigenvalue weighted by Gasteiger charge is -1.97. The third-order valence-electron chi connectivity index (χ3n) is 2.64. The minimum atomic E-state index is -0.773. The normalized spacial score (nSPS) is 10.7. The summed E-state index contributed by atoms with van der Waals surface area (Å²) < 4.78 is 8.33. The van der Waals surface area contributed by atoms with Crippen LogP contribution in [0.1, 0.15) is 11.4 Å². The zero-order chi connectivity index (χ0) is 12.4. The fourth-order valence-corrected chi connectivity index (χ4v) is 2.87. The summed E-state index contributed by atoms with van der Waals surface area (Å²) in [6.07, 6.45) is 0.142. The van der Waals surface area contributed by atoms with Gasteiger partial charge in [0.05, 0.1) is 7.11 Å². The van der Waals surface area contributed by atoms with Crippen LogP contribution in [0.3, 0.4) is 0 Å². The summed E-state index contributed by atoms with van der Waals surface area (Å²) in [5, 5.41) is 9.83. The molecule has 0 amide bonds. The largest absolute Gasteiger partial charge is 0.497 e. The van der Waals surface area contributed by atoms with Crippen LogP contribution in [-0.2, 0) is 11.3 Å². The zero-order valence-corrected chi connectivity index (χ0v) is 10.6. The summed E-state index contributed by atoms with van der Waals surface area (Å²) in [5.74, 6) is 0.0499. The molecule has 2 aromatic rings. The van der Waals surface area contributed by atoms with Crippen molar-refractivity contribution < 1.29 is 19.2 Å². The minimum absolute atomic E-state index is 0.142. The van der Waals surface area contributed by atoms with Crippen molar-refractivity contribution in [2.45, 2.75) is 19.9 Å². The monoisotopic (exact) mass is 252 g/mol. The number of carboxylic acids is 1. The van der Waals surface area contributed by atoms with Crippen molar-refractivity contribution in [1.29, 1.82) is 0 Å². The van der Waals surface area contributed by atoms with Crippen LogP contribution in [-0.4, -0.2) is 18.2 Å². The van der Waals surface area contributed by atoms with Crippen molar-refractivity contribution in [3.8, 4) is 5.75 Å². The first-order valence-electron chi connectivity index (χ1n) is 5.30. The van der Waals surface area contributed by atoms with Gasteiger partial charge in [-0.15, -0.1) is 0 Å².